The van der Waals surface area contributed by atoms with Gasteiger partial charge in [0.05, 0.1) is 12.8 Å². The maximum Gasteiger partial charge on any atom is 0.254 e. The van der Waals surface area contributed by atoms with Crippen LogP contribution in [0.15, 0.2) is 41.0 Å². The SMILES string of the molecule is Cc1ccc(C)c(C(=O)N2CCN(Cc3ccco3)CC2)c1. The van der Waals surface area contributed by atoms with Gasteiger partial charge in [-0.1, -0.05) is 17.7 Å². The van der Waals surface area contributed by atoms with E-state index in [1.807, 2.05) is 49.1 Å². The maximum absolute atomic E-state index is 12.7. The van der Waals surface area contributed by atoms with E-state index in [0.717, 1.165) is 55.2 Å². The molecule has 1 aromatic heterocycles. The first kappa shape index (κ1) is 14.9. The Morgan fingerprint density at radius 3 is 2.59 bits per heavy atom. The summed E-state index contributed by atoms with van der Waals surface area (Å²) in [7, 11) is 0. The molecule has 4 nitrogen and oxygen atoms in total. The van der Waals surface area contributed by atoms with E-state index in [9.17, 15) is 4.79 Å². The molecule has 0 bridgehead atoms. The van der Waals surface area contributed by atoms with E-state index < -0.39 is 0 Å². The van der Waals surface area contributed by atoms with Crippen LogP contribution in [0.3, 0.4) is 0 Å². The Hall–Kier alpha value is -2.07. The van der Waals surface area contributed by atoms with E-state index in [0.29, 0.717) is 0 Å². The molecule has 4 heteroatoms. The third-order valence-corrected chi connectivity index (χ3v) is 4.24. The zero-order valence-corrected chi connectivity index (χ0v) is 13.2. The van der Waals surface area contributed by atoms with E-state index in [1.165, 1.54) is 0 Å². The van der Waals surface area contributed by atoms with Crippen LogP contribution in [-0.2, 0) is 6.54 Å². The molecule has 116 valence electrons. The second kappa shape index (κ2) is 6.36. The van der Waals surface area contributed by atoms with Crippen LogP contribution in [-0.4, -0.2) is 41.9 Å². The number of carbonyl (C=O) groups is 1. The Kier molecular flexibility index (Phi) is 4.29. The predicted molar refractivity (Wildman–Crippen MR) is 85.8 cm³/mol. The lowest BCUT2D eigenvalue weighted by molar-refractivity contribution is 0.0619. The lowest BCUT2D eigenvalue weighted by Gasteiger charge is -2.34. The zero-order chi connectivity index (χ0) is 15.5. The Labute approximate surface area is 131 Å². The molecule has 2 aromatic rings. The molecule has 22 heavy (non-hydrogen) atoms. The summed E-state index contributed by atoms with van der Waals surface area (Å²) in [4.78, 5) is 17.0. The van der Waals surface area contributed by atoms with Gasteiger partial charge in [0.25, 0.3) is 5.91 Å². The van der Waals surface area contributed by atoms with Crippen molar-refractivity contribution < 1.29 is 9.21 Å². The molecule has 0 N–H and O–H groups in total. The van der Waals surface area contributed by atoms with Crippen molar-refractivity contribution in [2.24, 2.45) is 0 Å². The molecule has 2 heterocycles. The third-order valence-electron chi connectivity index (χ3n) is 4.24. The van der Waals surface area contributed by atoms with Crippen LogP contribution in [0.5, 0.6) is 0 Å². The molecule has 1 saturated heterocycles. The molecule has 1 aromatic carbocycles. The molecule has 1 amide bonds. The average Bonchev–Trinajstić information content (AvgIpc) is 3.03. The summed E-state index contributed by atoms with van der Waals surface area (Å²) in [6.45, 7) is 8.16. The highest BCUT2D eigenvalue weighted by Gasteiger charge is 2.23. The van der Waals surface area contributed by atoms with Crippen molar-refractivity contribution in [1.29, 1.82) is 0 Å². The topological polar surface area (TPSA) is 36.7 Å². The van der Waals surface area contributed by atoms with Crippen molar-refractivity contribution in [3.05, 3.63) is 59.0 Å². The zero-order valence-electron chi connectivity index (χ0n) is 13.2. The number of carbonyl (C=O) groups excluding carboxylic acids is 1. The molecule has 0 aliphatic carbocycles. The standard InChI is InChI=1S/C18H22N2O2/c1-14-5-6-15(2)17(12-14)18(21)20-9-7-19(8-10-20)13-16-4-3-11-22-16/h3-6,11-12H,7-10,13H2,1-2H3. The van der Waals surface area contributed by atoms with Crippen LogP contribution in [0, 0.1) is 13.8 Å². The summed E-state index contributed by atoms with van der Waals surface area (Å²) in [5.41, 5.74) is 3.01. The normalized spacial score (nSPS) is 16.0. The highest BCUT2D eigenvalue weighted by molar-refractivity contribution is 5.95. The van der Waals surface area contributed by atoms with E-state index in [4.69, 9.17) is 4.42 Å². The largest absolute Gasteiger partial charge is 0.468 e. The quantitative estimate of drug-likeness (QED) is 0.874. The average molecular weight is 298 g/mol. The minimum Gasteiger partial charge on any atom is -0.468 e. The maximum atomic E-state index is 12.7. The summed E-state index contributed by atoms with van der Waals surface area (Å²) in [6.07, 6.45) is 1.70. The van der Waals surface area contributed by atoms with Crippen molar-refractivity contribution in [2.45, 2.75) is 20.4 Å². The van der Waals surface area contributed by atoms with Crippen molar-refractivity contribution >= 4 is 5.91 Å². The molecule has 0 atom stereocenters. The number of piperazine rings is 1. The van der Waals surface area contributed by atoms with E-state index >= 15 is 0 Å². The second-order valence-electron chi connectivity index (χ2n) is 5.97. The molecule has 0 radical (unpaired) electrons. The van der Waals surface area contributed by atoms with Crippen molar-refractivity contribution in [3.8, 4) is 0 Å². The van der Waals surface area contributed by atoms with Crippen LogP contribution in [0.2, 0.25) is 0 Å². The first-order chi connectivity index (χ1) is 10.6. The molecule has 1 aliphatic heterocycles. The van der Waals surface area contributed by atoms with Gasteiger partial charge in [0.2, 0.25) is 0 Å². The molecule has 3 rings (SSSR count). The Bertz CT molecular complexity index is 641. The summed E-state index contributed by atoms with van der Waals surface area (Å²) in [5.74, 6) is 1.13. The number of nitrogens with zero attached hydrogens (tertiary/aromatic N) is 2. The summed E-state index contributed by atoms with van der Waals surface area (Å²) in [5, 5.41) is 0. The number of aryl methyl sites for hydroxylation is 2. The number of hydrogen-bond donors (Lipinski definition) is 0. The van der Waals surface area contributed by atoms with Gasteiger partial charge in [-0.2, -0.15) is 0 Å². The monoisotopic (exact) mass is 298 g/mol. The number of rotatable bonds is 3. The first-order valence-electron chi connectivity index (χ1n) is 7.75. The van der Waals surface area contributed by atoms with Gasteiger partial charge in [0, 0.05) is 31.7 Å². The molecule has 0 unspecified atom stereocenters. The van der Waals surface area contributed by atoms with Crippen molar-refractivity contribution in [2.75, 3.05) is 26.2 Å². The van der Waals surface area contributed by atoms with E-state index in [2.05, 4.69) is 4.90 Å². The number of furan rings is 1. The summed E-state index contributed by atoms with van der Waals surface area (Å²) in [6, 6.07) is 9.97. The van der Waals surface area contributed by atoms with Gasteiger partial charge in [0.15, 0.2) is 0 Å². The van der Waals surface area contributed by atoms with Crippen molar-refractivity contribution in [1.82, 2.24) is 9.80 Å². The highest BCUT2D eigenvalue weighted by atomic mass is 16.3. The number of amides is 1. The van der Waals surface area contributed by atoms with Crippen LogP contribution in [0.4, 0.5) is 0 Å². The Morgan fingerprint density at radius 1 is 1.14 bits per heavy atom. The lowest BCUT2D eigenvalue weighted by atomic mass is 10.0. The van der Waals surface area contributed by atoms with Gasteiger partial charge in [-0.3, -0.25) is 9.69 Å². The molecule has 0 saturated carbocycles. The smallest absolute Gasteiger partial charge is 0.254 e. The van der Waals surface area contributed by atoms with Gasteiger partial charge in [-0.25, -0.2) is 0 Å². The van der Waals surface area contributed by atoms with Crippen LogP contribution in [0.25, 0.3) is 0 Å². The molecular weight excluding hydrogens is 276 g/mol. The number of benzene rings is 1. The van der Waals surface area contributed by atoms with Crippen molar-refractivity contribution in [3.63, 3.8) is 0 Å². The highest BCUT2D eigenvalue weighted by Crippen LogP contribution is 2.16. The second-order valence-corrected chi connectivity index (χ2v) is 5.97. The van der Waals surface area contributed by atoms with Crippen LogP contribution >= 0.6 is 0 Å². The fraction of sp³-hybridized carbons (Fsp3) is 0.389. The van der Waals surface area contributed by atoms with Crippen LogP contribution in [0.1, 0.15) is 27.2 Å². The third kappa shape index (κ3) is 3.22. The fourth-order valence-electron chi connectivity index (χ4n) is 2.87. The van der Waals surface area contributed by atoms with Gasteiger partial charge in [0.1, 0.15) is 5.76 Å². The summed E-state index contributed by atoms with van der Waals surface area (Å²) < 4.78 is 5.39. The number of hydrogen-bond acceptors (Lipinski definition) is 3. The van der Waals surface area contributed by atoms with Gasteiger partial charge >= 0.3 is 0 Å². The minimum absolute atomic E-state index is 0.152. The van der Waals surface area contributed by atoms with Crippen LogP contribution < -0.4 is 0 Å². The molecule has 0 spiro atoms. The first-order valence-corrected chi connectivity index (χ1v) is 7.75. The Morgan fingerprint density at radius 2 is 1.91 bits per heavy atom. The molecule has 1 aliphatic rings. The molecule has 1 fully saturated rings. The van der Waals surface area contributed by atoms with E-state index in [1.54, 1.807) is 6.26 Å². The van der Waals surface area contributed by atoms with E-state index in [-0.39, 0.29) is 5.91 Å². The van der Waals surface area contributed by atoms with Gasteiger partial charge in [-0.15, -0.1) is 0 Å². The Balaban J connectivity index is 1.61. The predicted octanol–water partition coefficient (Wildman–Crippen LogP) is 2.85. The summed E-state index contributed by atoms with van der Waals surface area (Å²) >= 11 is 0. The van der Waals surface area contributed by atoms with Gasteiger partial charge < -0.3 is 9.32 Å². The minimum atomic E-state index is 0.152. The molecular formula is C18H22N2O2. The van der Waals surface area contributed by atoms with Gasteiger partial charge in [-0.05, 0) is 37.6 Å². The fourth-order valence-corrected chi connectivity index (χ4v) is 2.87. The lowest BCUT2D eigenvalue weighted by Crippen LogP contribution is -2.48.